The van der Waals surface area contributed by atoms with E-state index in [1.807, 2.05) is 12.1 Å². The Hall–Kier alpha value is -1.63. The van der Waals surface area contributed by atoms with Crippen LogP contribution in [0.5, 0.6) is 5.75 Å². The maximum Gasteiger partial charge on any atom is 0.237 e. The fourth-order valence-electron chi connectivity index (χ4n) is 3.54. The summed E-state index contributed by atoms with van der Waals surface area (Å²) in [6.07, 6.45) is 2.73. The van der Waals surface area contributed by atoms with Crippen LogP contribution in [0.15, 0.2) is 24.3 Å². The van der Waals surface area contributed by atoms with Crippen molar-refractivity contribution in [2.24, 2.45) is 11.7 Å². The molecule has 2 atom stereocenters. The molecule has 6 nitrogen and oxygen atoms in total. The second-order valence-corrected chi connectivity index (χ2v) is 8.61. The molecular weight excluding hydrogens is 352 g/mol. The molecule has 1 aromatic carbocycles. The predicted octanol–water partition coefficient (Wildman–Crippen LogP) is 2.08. The molecule has 28 heavy (non-hydrogen) atoms. The smallest absolute Gasteiger partial charge is 0.237 e. The minimum Gasteiger partial charge on any atom is -0.494 e. The molecule has 1 fully saturated rings. The largest absolute Gasteiger partial charge is 0.494 e. The Morgan fingerprint density at radius 3 is 2.68 bits per heavy atom. The number of nitrogens with zero attached hydrogens (tertiary/aromatic N) is 2. The molecule has 0 bridgehead atoms. The normalized spacial score (nSPS) is 18.6. The summed E-state index contributed by atoms with van der Waals surface area (Å²) < 4.78 is 5.79. The van der Waals surface area contributed by atoms with Gasteiger partial charge in [0.15, 0.2) is 0 Å². The molecule has 158 valence electrons. The van der Waals surface area contributed by atoms with Gasteiger partial charge in [0.2, 0.25) is 5.91 Å². The van der Waals surface area contributed by atoms with E-state index >= 15 is 0 Å². The highest BCUT2D eigenvalue weighted by Gasteiger charge is 2.25. The number of hydrogen-bond donors (Lipinski definition) is 2. The average molecular weight is 391 g/mol. The number of hydrogen-bond acceptors (Lipinski definition) is 5. The van der Waals surface area contributed by atoms with Gasteiger partial charge in [-0.15, -0.1) is 0 Å². The Kier molecular flexibility index (Phi) is 9.22. The Bertz CT molecular complexity index is 589. The highest BCUT2D eigenvalue weighted by atomic mass is 16.5. The first-order valence-electron chi connectivity index (χ1n) is 10.5. The maximum absolute atomic E-state index is 12.2. The Labute approximate surface area is 170 Å². The molecule has 1 aliphatic heterocycles. The van der Waals surface area contributed by atoms with E-state index in [4.69, 9.17) is 10.5 Å². The van der Waals surface area contributed by atoms with Crippen LogP contribution >= 0.6 is 0 Å². The second kappa shape index (κ2) is 11.4. The van der Waals surface area contributed by atoms with Gasteiger partial charge in [-0.1, -0.05) is 26.0 Å². The first-order chi connectivity index (χ1) is 13.3. The van der Waals surface area contributed by atoms with Crippen molar-refractivity contribution in [3.8, 4) is 5.75 Å². The van der Waals surface area contributed by atoms with Crippen molar-refractivity contribution in [2.45, 2.75) is 51.7 Å². The Morgan fingerprint density at radius 2 is 2.04 bits per heavy atom. The van der Waals surface area contributed by atoms with Crippen LogP contribution in [0.4, 0.5) is 0 Å². The van der Waals surface area contributed by atoms with Crippen molar-refractivity contribution >= 4 is 5.91 Å². The third-order valence-corrected chi connectivity index (χ3v) is 5.03. The van der Waals surface area contributed by atoms with Crippen molar-refractivity contribution in [1.29, 1.82) is 0 Å². The molecule has 3 N–H and O–H groups in total. The molecule has 0 spiro atoms. The second-order valence-electron chi connectivity index (χ2n) is 8.61. The van der Waals surface area contributed by atoms with E-state index in [1.165, 1.54) is 5.56 Å². The standard InChI is InChI=1S/C22H38N4O2/c1-17(2)14-21(23)22(27)24-19-10-12-26(16-19)15-18-6-8-20(9-7-18)28-13-5-11-25(3)4/h6-9,17,19,21H,5,10-16,23H2,1-4H3,(H,24,27)/t19-,21-/m0/s1. The number of nitrogens with two attached hydrogens (primary N) is 1. The van der Waals surface area contributed by atoms with E-state index < -0.39 is 6.04 Å². The first kappa shape index (κ1) is 22.7. The van der Waals surface area contributed by atoms with E-state index in [-0.39, 0.29) is 11.9 Å². The minimum atomic E-state index is -0.403. The van der Waals surface area contributed by atoms with Gasteiger partial charge < -0.3 is 20.7 Å². The van der Waals surface area contributed by atoms with E-state index in [2.05, 4.69) is 55.2 Å². The van der Waals surface area contributed by atoms with Crippen LogP contribution in [0.1, 0.15) is 38.7 Å². The van der Waals surface area contributed by atoms with Crippen molar-refractivity contribution in [3.05, 3.63) is 29.8 Å². The van der Waals surface area contributed by atoms with Crippen LogP contribution in [0.3, 0.4) is 0 Å². The van der Waals surface area contributed by atoms with Gasteiger partial charge in [-0.3, -0.25) is 9.69 Å². The van der Waals surface area contributed by atoms with E-state index in [0.717, 1.165) is 57.8 Å². The zero-order valence-corrected chi connectivity index (χ0v) is 18.0. The summed E-state index contributed by atoms with van der Waals surface area (Å²) >= 11 is 0. The van der Waals surface area contributed by atoms with Crippen molar-refractivity contribution in [1.82, 2.24) is 15.1 Å². The van der Waals surface area contributed by atoms with Gasteiger partial charge in [0.1, 0.15) is 5.75 Å². The van der Waals surface area contributed by atoms with Gasteiger partial charge in [0.25, 0.3) is 0 Å². The molecule has 6 heteroatoms. The van der Waals surface area contributed by atoms with Gasteiger partial charge >= 0.3 is 0 Å². The molecule has 0 unspecified atom stereocenters. The molecule has 0 aliphatic carbocycles. The Morgan fingerprint density at radius 1 is 1.32 bits per heavy atom. The van der Waals surface area contributed by atoms with E-state index in [1.54, 1.807) is 0 Å². The third-order valence-electron chi connectivity index (χ3n) is 5.03. The van der Waals surface area contributed by atoms with Crippen LogP contribution in [-0.2, 0) is 11.3 Å². The number of amides is 1. The van der Waals surface area contributed by atoms with Gasteiger partial charge in [-0.25, -0.2) is 0 Å². The van der Waals surface area contributed by atoms with Gasteiger partial charge in [-0.05, 0) is 57.0 Å². The van der Waals surface area contributed by atoms with Crippen molar-refractivity contribution < 1.29 is 9.53 Å². The van der Waals surface area contributed by atoms with Crippen LogP contribution in [0.2, 0.25) is 0 Å². The number of likely N-dealkylation sites (tertiary alicyclic amines) is 1. The topological polar surface area (TPSA) is 70.8 Å². The molecule has 1 saturated heterocycles. The van der Waals surface area contributed by atoms with Crippen LogP contribution in [-0.4, -0.2) is 68.1 Å². The number of nitrogens with one attached hydrogen (secondary N) is 1. The van der Waals surface area contributed by atoms with Crippen LogP contribution in [0.25, 0.3) is 0 Å². The fourth-order valence-corrected chi connectivity index (χ4v) is 3.54. The number of carbonyl (C=O) groups is 1. The molecule has 0 aromatic heterocycles. The summed E-state index contributed by atoms with van der Waals surface area (Å²) in [5.41, 5.74) is 7.25. The molecule has 1 aromatic rings. The molecule has 2 rings (SSSR count). The summed E-state index contributed by atoms with van der Waals surface area (Å²) in [4.78, 5) is 16.8. The number of rotatable bonds is 11. The first-order valence-corrected chi connectivity index (χ1v) is 10.5. The van der Waals surface area contributed by atoms with E-state index in [9.17, 15) is 4.79 Å². The maximum atomic E-state index is 12.2. The molecule has 1 heterocycles. The lowest BCUT2D eigenvalue weighted by Crippen LogP contribution is -2.46. The zero-order valence-electron chi connectivity index (χ0n) is 18.0. The van der Waals surface area contributed by atoms with Crippen molar-refractivity contribution in [2.75, 3.05) is 40.3 Å². The lowest BCUT2D eigenvalue weighted by molar-refractivity contribution is -0.123. The summed E-state index contributed by atoms with van der Waals surface area (Å²) in [5.74, 6) is 1.34. The average Bonchev–Trinajstić information content (AvgIpc) is 3.06. The predicted molar refractivity (Wildman–Crippen MR) is 114 cm³/mol. The molecule has 0 saturated carbocycles. The molecule has 1 aliphatic rings. The summed E-state index contributed by atoms with van der Waals surface area (Å²) in [6, 6.07) is 8.15. The Balaban J connectivity index is 1.71. The van der Waals surface area contributed by atoms with Gasteiger partial charge in [-0.2, -0.15) is 0 Å². The fraction of sp³-hybridized carbons (Fsp3) is 0.682. The molecule has 1 amide bonds. The summed E-state index contributed by atoms with van der Waals surface area (Å²) in [5, 5.41) is 3.12. The quantitative estimate of drug-likeness (QED) is 0.566. The highest BCUT2D eigenvalue weighted by Crippen LogP contribution is 2.17. The van der Waals surface area contributed by atoms with Gasteiger partial charge in [0.05, 0.1) is 12.6 Å². The van der Waals surface area contributed by atoms with E-state index in [0.29, 0.717) is 5.92 Å². The lowest BCUT2D eigenvalue weighted by Gasteiger charge is -2.19. The zero-order chi connectivity index (χ0) is 20.5. The van der Waals surface area contributed by atoms with Gasteiger partial charge in [0, 0.05) is 32.2 Å². The molecule has 0 radical (unpaired) electrons. The molecular formula is C22H38N4O2. The number of carbonyl (C=O) groups excluding carboxylic acids is 1. The lowest BCUT2D eigenvalue weighted by atomic mass is 10.0. The number of ether oxygens (including phenoxy) is 1. The SMILES string of the molecule is CC(C)C[C@H](N)C(=O)N[C@H]1CCN(Cc2ccc(OCCCN(C)C)cc2)C1. The monoisotopic (exact) mass is 390 g/mol. The third kappa shape index (κ3) is 8.17. The highest BCUT2D eigenvalue weighted by molar-refractivity contribution is 5.81. The number of benzene rings is 1. The minimum absolute atomic E-state index is 0.0173. The van der Waals surface area contributed by atoms with Crippen LogP contribution in [0, 0.1) is 5.92 Å². The van der Waals surface area contributed by atoms with Crippen LogP contribution < -0.4 is 15.8 Å². The van der Waals surface area contributed by atoms with Crippen molar-refractivity contribution in [3.63, 3.8) is 0 Å². The summed E-state index contributed by atoms with van der Waals surface area (Å²) in [6.45, 7) is 8.72. The summed E-state index contributed by atoms with van der Waals surface area (Å²) in [7, 11) is 4.15.